The zero-order chi connectivity index (χ0) is 26.8. The number of esters is 1. The SMILES string of the molecule is CCCCCCCCCCCCOC1=CC(=O)N([C@@H]2c3cc(C#N)ccc3OC(C)(C)[C@H]2OC(C)=O)C1. The minimum atomic E-state index is -0.878. The predicted molar refractivity (Wildman–Crippen MR) is 142 cm³/mol. The topological polar surface area (TPSA) is 88.9 Å². The second-order valence-electron chi connectivity index (χ2n) is 10.7. The van der Waals surface area contributed by atoms with Crippen LogP contribution in [-0.4, -0.2) is 41.6 Å². The molecule has 0 N–H and O–H groups in total. The zero-order valence-corrected chi connectivity index (χ0v) is 22.9. The Morgan fingerprint density at radius 3 is 2.38 bits per heavy atom. The van der Waals surface area contributed by atoms with E-state index in [0.717, 1.165) is 12.8 Å². The number of unbranched alkanes of at least 4 members (excludes halogenated alkanes) is 9. The number of benzene rings is 1. The van der Waals surface area contributed by atoms with Crippen LogP contribution in [0, 0.1) is 11.3 Å². The van der Waals surface area contributed by atoms with Crippen molar-refractivity contribution in [3.63, 3.8) is 0 Å². The monoisotopic (exact) mass is 510 g/mol. The number of carbonyl (C=O) groups excluding carboxylic acids is 2. The van der Waals surface area contributed by atoms with Gasteiger partial charge in [0.05, 0.1) is 24.8 Å². The zero-order valence-electron chi connectivity index (χ0n) is 22.9. The van der Waals surface area contributed by atoms with Crippen molar-refractivity contribution < 1.29 is 23.8 Å². The summed E-state index contributed by atoms with van der Waals surface area (Å²) in [5.74, 6) is 0.532. The lowest BCUT2D eigenvalue weighted by Gasteiger charge is -2.46. The molecule has 2 aliphatic heterocycles. The molecule has 7 heteroatoms. The number of nitrogens with zero attached hydrogens (tertiary/aromatic N) is 2. The molecule has 3 rings (SSSR count). The van der Waals surface area contributed by atoms with E-state index in [1.54, 1.807) is 23.1 Å². The van der Waals surface area contributed by atoms with E-state index in [0.29, 0.717) is 29.2 Å². The summed E-state index contributed by atoms with van der Waals surface area (Å²) in [4.78, 5) is 26.8. The Hall–Kier alpha value is -3.01. The quantitative estimate of drug-likeness (QED) is 0.214. The summed E-state index contributed by atoms with van der Waals surface area (Å²) in [6, 6.07) is 6.68. The van der Waals surface area contributed by atoms with Crippen molar-refractivity contribution in [3.05, 3.63) is 41.2 Å². The van der Waals surface area contributed by atoms with Crippen molar-refractivity contribution in [3.8, 4) is 11.8 Å². The summed E-state index contributed by atoms with van der Waals surface area (Å²) in [5.41, 5.74) is 0.227. The van der Waals surface area contributed by atoms with Gasteiger partial charge in [0.15, 0.2) is 6.10 Å². The third kappa shape index (κ3) is 7.74. The third-order valence-corrected chi connectivity index (χ3v) is 7.11. The molecule has 1 amide bonds. The Bertz CT molecular complexity index is 1010. The Kier molecular flexibility index (Phi) is 10.4. The van der Waals surface area contributed by atoms with E-state index >= 15 is 0 Å². The molecule has 202 valence electrons. The number of amides is 1. The number of fused-ring (bicyclic) bond motifs is 1. The van der Waals surface area contributed by atoms with Gasteiger partial charge in [0, 0.05) is 18.6 Å². The van der Waals surface area contributed by atoms with Gasteiger partial charge in [0.25, 0.3) is 5.91 Å². The van der Waals surface area contributed by atoms with Gasteiger partial charge in [-0.2, -0.15) is 5.26 Å². The second-order valence-corrected chi connectivity index (χ2v) is 10.7. The Morgan fingerprint density at radius 2 is 1.76 bits per heavy atom. The Balaban J connectivity index is 1.57. The van der Waals surface area contributed by atoms with Gasteiger partial charge in [-0.3, -0.25) is 9.59 Å². The van der Waals surface area contributed by atoms with Gasteiger partial charge in [-0.05, 0) is 38.5 Å². The minimum Gasteiger partial charge on any atom is -0.496 e. The van der Waals surface area contributed by atoms with E-state index in [1.807, 2.05) is 13.8 Å². The smallest absolute Gasteiger partial charge is 0.303 e. The highest BCUT2D eigenvalue weighted by Gasteiger charge is 2.50. The van der Waals surface area contributed by atoms with Crippen molar-refractivity contribution in [1.29, 1.82) is 5.26 Å². The molecule has 2 aliphatic rings. The molecule has 0 aromatic heterocycles. The molecular weight excluding hydrogens is 468 g/mol. The number of ether oxygens (including phenoxy) is 3. The van der Waals surface area contributed by atoms with E-state index in [1.165, 1.54) is 64.4 Å². The van der Waals surface area contributed by atoms with Crippen LogP contribution in [0.4, 0.5) is 0 Å². The normalized spacial score (nSPS) is 20.0. The predicted octanol–water partition coefficient (Wildman–Crippen LogP) is 6.37. The van der Waals surface area contributed by atoms with Crippen LogP contribution in [0.5, 0.6) is 5.75 Å². The van der Waals surface area contributed by atoms with E-state index in [4.69, 9.17) is 14.2 Å². The average molecular weight is 511 g/mol. The molecule has 7 nitrogen and oxygen atoms in total. The number of nitriles is 1. The molecule has 0 aliphatic carbocycles. The van der Waals surface area contributed by atoms with Crippen LogP contribution in [0.25, 0.3) is 0 Å². The molecule has 0 bridgehead atoms. The number of hydrogen-bond donors (Lipinski definition) is 0. The molecule has 2 heterocycles. The van der Waals surface area contributed by atoms with E-state index in [2.05, 4.69) is 13.0 Å². The highest BCUT2D eigenvalue weighted by molar-refractivity contribution is 5.91. The number of rotatable bonds is 14. The van der Waals surface area contributed by atoms with Crippen LogP contribution in [0.15, 0.2) is 30.0 Å². The van der Waals surface area contributed by atoms with Crippen molar-refractivity contribution in [2.75, 3.05) is 13.2 Å². The first-order chi connectivity index (χ1) is 17.8. The van der Waals surface area contributed by atoms with Gasteiger partial charge >= 0.3 is 5.97 Å². The molecule has 37 heavy (non-hydrogen) atoms. The second kappa shape index (κ2) is 13.5. The maximum atomic E-state index is 13.1. The van der Waals surface area contributed by atoms with Crippen molar-refractivity contribution in [2.24, 2.45) is 0 Å². The maximum Gasteiger partial charge on any atom is 0.303 e. The standard InChI is InChI=1S/C30H42N2O5/c1-5-6-7-8-9-10-11-12-13-14-17-35-24-19-27(34)32(21-24)28-25-18-23(20-31)15-16-26(25)37-30(3,4)29(28)36-22(2)33/h15-16,18-19,28-29H,5-14,17,21H2,1-4H3/t28-,29+/m1/s1. The lowest BCUT2D eigenvalue weighted by molar-refractivity contribution is -0.171. The molecule has 0 radical (unpaired) electrons. The van der Waals surface area contributed by atoms with Crippen LogP contribution < -0.4 is 4.74 Å². The Labute approximate surface area is 221 Å². The summed E-state index contributed by atoms with van der Waals surface area (Å²) in [5, 5.41) is 9.44. The maximum absolute atomic E-state index is 13.1. The largest absolute Gasteiger partial charge is 0.496 e. The first-order valence-electron chi connectivity index (χ1n) is 13.8. The summed E-state index contributed by atoms with van der Waals surface area (Å²) in [6.45, 7) is 8.12. The van der Waals surface area contributed by atoms with E-state index < -0.39 is 23.7 Å². The van der Waals surface area contributed by atoms with Gasteiger partial charge in [-0.1, -0.05) is 64.7 Å². The van der Waals surface area contributed by atoms with Crippen LogP contribution >= 0.6 is 0 Å². The van der Waals surface area contributed by atoms with Crippen molar-refractivity contribution in [2.45, 2.75) is 110 Å². The van der Waals surface area contributed by atoms with Crippen LogP contribution in [0.3, 0.4) is 0 Å². The van der Waals surface area contributed by atoms with Gasteiger partial charge < -0.3 is 19.1 Å². The van der Waals surface area contributed by atoms with E-state index in [-0.39, 0.29) is 12.5 Å². The van der Waals surface area contributed by atoms with Crippen LogP contribution in [0.2, 0.25) is 0 Å². The number of carbonyl (C=O) groups is 2. The molecule has 0 fully saturated rings. The molecule has 0 saturated heterocycles. The molecule has 0 spiro atoms. The molecule has 0 saturated carbocycles. The summed E-state index contributed by atoms with van der Waals surface area (Å²) in [7, 11) is 0. The van der Waals surface area contributed by atoms with Gasteiger partial charge in [0.2, 0.25) is 0 Å². The van der Waals surface area contributed by atoms with Crippen LogP contribution in [0.1, 0.15) is 109 Å². The average Bonchev–Trinajstić information content (AvgIpc) is 3.22. The van der Waals surface area contributed by atoms with Crippen molar-refractivity contribution >= 4 is 11.9 Å². The first kappa shape index (κ1) is 28.6. The fraction of sp³-hybridized carbons (Fsp3) is 0.633. The lowest BCUT2D eigenvalue weighted by atomic mass is 9.84. The summed E-state index contributed by atoms with van der Waals surface area (Å²) < 4.78 is 17.8. The molecule has 1 aromatic rings. The third-order valence-electron chi connectivity index (χ3n) is 7.11. The molecule has 1 aromatic carbocycles. The minimum absolute atomic E-state index is 0.203. The Morgan fingerprint density at radius 1 is 1.11 bits per heavy atom. The fourth-order valence-corrected chi connectivity index (χ4v) is 5.17. The fourth-order valence-electron chi connectivity index (χ4n) is 5.17. The number of hydrogen-bond acceptors (Lipinski definition) is 6. The lowest BCUT2D eigenvalue weighted by Crippen LogP contribution is -2.55. The van der Waals surface area contributed by atoms with Crippen LogP contribution in [-0.2, 0) is 19.1 Å². The molecular formula is C30H42N2O5. The first-order valence-corrected chi connectivity index (χ1v) is 13.8. The van der Waals surface area contributed by atoms with E-state index in [9.17, 15) is 14.9 Å². The highest BCUT2D eigenvalue weighted by Crippen LogP contribution is 2.45. The van der Waals surface area contributed by atoms with Crippen molar-refractivity contribution in [1.82, 2.24) is 4.90 Å². The van der Waals surface area contributed by atoms with Gasteiger partial charge in [-0.25, -0.2) is 0 Å². The van der Waals surface area contributed by atoms with Gasteiger partial charge in [-0.15, -0.1) is 0 Å². The summed E-state index contributed by atoms with van der Waals surface area (Å²) in [6.07, 6.45) is 13.3. The van der Waals surface area contributed by atoms with Gasteiger partial charge in [0.1, 0.15) is 23.2 Å². The molecule has 0 unspecified atom stereocenters. The molecule has 2 atom stereocenters. The summed E-state index contributed by atoms with van der Waals surface area (Å²) >= 11 is 0. The highest BCUT2D eigenvalue weighted by atomic mass is 16.6.